The number of hydrogen-bond acceptors (Lipinski definition) is 5. The Morgan fingerprint density at radius 3 is 3.05 bits per heavy atom. The summed E-state index contributed by atoms with van der Waals surface area (Å²) in [6.07, 6.45) is 3.13. The van der Waals surface area contributed by atoms with E-state index in [2.05, 4.69) is 45.9 Å². The van der Waals surface area contributed by atoms with Gasteiger partial charge in [-0.1, -0.05) is 6.07 Å². The quantitative estimate of drug-likeness (QED) is 0.819. The molecule has 0 bridgehead atoms. The first-order valence-electron chi connectivity index (χ1n) is 8.36. The second-order valence-electron chi connectivity index (χ2n) is 6.74. The van der Waals surface area contributed by atoms with E-state index >= 15 is 0 Å². The van der Waals surface area contributed by atoms with Crippen LogP contribution in [0.2, 0.25) is 0 Å². The second kappa shape index (κ2) is 7.40. The summed E-state index contributed by atoms with van der Waals surface area (Å²) in [5.41, 5.74) is 1.36. The second-order valence-corrected chi connectivity index (χ2v) is 6.74. The summed E-state index contributed by atoms with van der Waals surface area (Å²) in [4.78, 5) is 11.9. The molecule has 1 saturated heterocycles. The summed E-state index contributed by atoms with van der Waals surface area (Å²) < 4.78 is 5.53. The molecule has 3 heterocycles. The van der Waals surface area contributed by atoms with Gasteiger partial charge in [0.05, 0.1) is 6.61 Å². The molecule has 0 amide bonds. The van der Waals surface area contributed by atoms with Crippen LogP contribution in [0.1, 0.15) is 12.0 Å². The summed E-state index contributed by atoms with van der Waals surface area (Å²) in [6, 6.07) is 4.29. The number of ether oxygens (including phenoxy) is 1. The molecule has 0 spiro atoms. The number of likely N-dealkylation sites (N-methyl/N-ethyl adjacent to an activating group) is 1. The van der Waals surface area contributed by atoms with Gasteiger partial charge >= 0.3 is 0 Å². The number of aromatic nitrogens is 1. The van der Waals surface area contributed by atoms with Gasteiger partial charge < -0.3 is 14.5 Å². The first-order chi connectivity index (χ1) is 10.7. The lowest BCUT2D eigenvalue weighted by Crippen LogP contribution is -2.37. The lowest BCUT2D eigenvalue weighted by Gasteiger charge is -2.26. The molecule has 5 nitrogen and oxygen atoms in total. The van der Waals surface area contributed by atoms with Crippen molar-refractivity contribution in [3.05, 3.63) is 23.9 Å². The number of anilines is 1. The fraction of sp³-hybridized carbons (Fsp3) is 0.706. The van der Waals surface area contributed by atoms with Gasteiger partial charge in [0.1, 0.15) is 5.82 Å². The molecule has 0 aromatic carbocycles. The smallest absolute Gasteiger partial charge is 0.133 e. The van der Waals surface area contributed by atoms with E-state index in [1.807, 2.05) is 6.20 Å². The van der Waals surface area contributed by atoms with Crippen LogP contribution < -0.4 is 4.90 Å². The van der Waals surface area contributed by atoms with E-state index in [1.54, 1.807) is 0 Å². The van der Waals surface area contributed by atoms with Crippen molar-refractivity contribution in [3.8, 4) is 0 Å². The highest BCUT2D eigenvalue weighted by Gasteiger charge is 2.24. The van der Waals surface area contributed by atoms with Gasteiger partial charge in [0.15, 0.2) is 0 Å². The van der Waals surface area contributed by atoms with Crippen molar-refractivity contribution in [2.75, 3.05) is 64.9 Å². The summed E-state index contributed by atoms with van der Waals surface area (Å²) in [6.45, 7) is 8.30. The monoisotopic (exact) mass is 304 g/mol. The zero-order valence-corrected chi connectivity index (χ0v) is 13.9. The highest BCUT2D eigenvalue weighted by Crippen LogP contribution is 2.24. The number of hydrogen-bond donors (Lipinski definition) is 0. The molecule has 3 rings (SSSR count). The van der Waals surface area contributed by atoms with Crippen LogP contribution >= 0.6 is 0 Å². The summed E-state index contributed by atoms with van der Waals surface area (Å²) >= 11 is 0. The molecule has 1 atom stereocenters. The van der Waals surface area contributed by atoms with E-state index in [4.69, 9.17) is 4.74 Å². The number of nitrogens with zero attached hydrogens (tertiary/aromatic N) is 4. The minimum absolute atomic E-state index is 0.702. The van der Waals surface area contributed by atoms with Crippen molar-refractivity contribution in [3.63, 3.8) is 0 Å². The van der Waals surface area contributed by atoms with Crippen LogP contribution in [0.5, 0.6) is 0 Å². The van der Waals surface area contributed by atoms with E-state index in [-0.39, 0.29) is 0 Å². The molecular weight excluding hydrogens is 276 g/mol. The predicted octanol–water partition coefficient (Wildman–Crippen LogP) is 1.30. The fourth-order valence-corrected chi connectivity index (χ4v) is 3.31. The van der Waals surface area contributed by atoms with Crippen LogP contribution in [0, 0.1) is 5.92 Å². The van der Waals surface area contributed by atoms with Crippen LogP contribution in [0.15, 0.2) is 18.3 Å². The van der Waals surface area contributed by atoms with Gasteiger partial charge in [0.25, 0.3) is 0 Å². The molecule has 122 valence electrons. The van der Waals surface area contributed by atoms with Crippen molar-refractivity contribution < 1.29 is 4.74 Å². The topological polar surface area (TPSA) is 31.8 Å². The van der Waals surface area contributed by atoms with Crippen LogP contribution in [0.25, 0.3) is 0 Å². The normalized spacial score (nSPS) is 22.9. The maximum absolute atomic E-state index is 5.53. The average molecular weight is 304 g/mol. The Bertz CT molecular complexity index is 473. The molecular formula is C17H28N4O. The van der Waals surface area contributed by atoms with Crippen molar-refractivity contribution in [2.45, 2.75) is 13.0 Å². The zero-order valence-electron chi connectivity index (χ0n) is 13.9. The van der Waals surface area contributed by atoms with Crippen molar-refractivity contribution in [1.82, 2.24) is 14.8 Å². The lowest BCUT2D eigenvalue weighted by atomic mass is 10.1. The van der Waals surface area contributed by atoms with E-state index in [1.165, 1.54) is 17.8 Å². The van der Waals surface area contributed by atoms with E-state index < -0.39 is 0 Å². The maximum atomic E-state index is 5.53. The average Bonchev–Trinajstić information content (AvgIpc) is 2.94. The van der Waals surface area contributed by atoms with Gasteiger partial charge in [0, 0.05) is 57.6 Å². The molecule has 0 radical (unpaired) electrons. The Labute approximate surface area is 133 Å². The minimum atomic E-state index is 0.702. The molecule has 1 aromatic heterocycles. The Morgan fingerprint density at radius 1 is 1.36 bits per heavy atom. The highest BCUT2D eigenvalue weighted by atomic mass is 16.5. The highest BCUT2D eigenvalue weighted by molar-refractivity contribution is 5.47. The molecule has 0 unspecified atom stereocenters. The van der Waals surface area contributed by atoms with Crippen molar-refractivity contribution in [1.29, 1.82) is 0 Å². The minimum Gasteiger partial charge on any atom is -0.381 e. The fourth-order valence-electron chi connectivity index (χ4n) is 3.31. The number of fused-ring (bicyclic) bond motifs is 1. The third kappa shape index (κ3) is 3.97. The third-order valence-corrected chi connectivity index (χ3v) is 4.60. The molecule has 2 aliphatic heterocycles. The number of rotatable bonds is 5. The Balaban J connectivity index is 1.69. The van der Waals surface area contributed by atoms with E-state index in [0.717, 1.165) is 52.5 Å². The van der Waals surface area contributed by atoms with Gasteiger partial charge in [-0.05, 0) is 32.5 Å². The summed E-state index contributed by atoms with van der Waals surface area (Å²) in [5.74, 6) is 1.88. The molecule has 2 aliphatic rings. The van der Waals surface area contributed by atoms with Gasteiger partial charge in [-0.15, -0.1) is 0 Å². The van der Waals surface area contributed by atoms with Crippen molar-refractivity contribution in [2.24, 2.45) is 5.92 Å². The first-order valence-corrected chi connectivity index (χ1v) is 8.36. The Kier molecular flexibility index (Phi) is 5.28. The molecule has 1 fully saturated rings. The molecule has 22 heavy (non-hydrogen) atoms. The van der Waals surface area contributed by atoms with Crippen molar-refractivity contribution >= 4 is 5.82 Å². The summed E-state index contributed by atoms with van der Waals surface area (Å²) in [7, 11) is 4.26. The maximum Gasteiger partial charge on any atom is 0.133 e. The zero-order chi connectivity index (χ0) is 15.4. The van der Waals surface area contributed by atoms with E-state index in [9.17, 15) is 0 Å². The third-order valence-electron chi connectivity index (χ3n) is 4.60. The van der Waals surface area contributed by atoms with Crippen LogP contribution in [-0.4, -0.2) is 74.8 Å². The Hall–Kier alpha value is -1.17. The standard InChI is InChI=1S/C17H28N4O/c1-19(2)7-9-21-10-8-20(12-15-5-11-22-14-15)13-16-4-3-6-18-17(16)21/h3-4,6,15H,5,7-14H2,1-2H3/t15-/m0/s1. The largest absolute Gasteiger partial charge is 0.381 e. The summed E-state index contributed by atoms with van der Waals surface area (Å²) in [5, 5.41) is 0. The molecule has 0 N–H and O–H groups in total. The molecule has 0 aliphatic carbocycles. The predicted molar refractivity (Wildman–Crippen MR) is 89.2 cm³/mol. The molecule has 0 saturated carbocycles. The van der Waals surface area contributed by atoms with Crippen LogP contribution in [0.4, 0.5) is 5.82 Å². The van der Waals surface area contributed by atoms with Crippen LogP contribution in [0.3, 0.4) is 0 Å². The lowest BCUT2D eigenvalue weighted by molar-refractivity contribution is 0.166. The van der Waals surface area contributed by atoms with Gasteiger partial charge in [-0.25, -0.2) is 4.98 Å². The van der Waals surface area contributed by atoms with Gasteiger partial charge in [-0.2, -0.15) is 0 Å². The Morgan fingerprint density at radius 2 is 2.27 bits per heavy atom. The van der Waals surface area contributed by atoms with E-state index in [0.29, 0.717) is 5.92 Å². The van der Waals surface area contributed by atoms with Gasteiger partial charge in [0.2, 0.25) is 0 Å². The SMILES string of the molecule is CN(C)CCN1CCN(C[C@@H]2CCOC2)Cc2cccnc21. The van der Waals surface area contributed by atoms with Crippen LogP contribution in [-0.2, 0) is 11.3 Å². The molecule has 1 aromatic rings. The molecule has 5 heteroatoms. The van der Waals surface area contributed by atoms with Gasteiger partial charge in [-0.3, -0.25) is 4.90 Å². The first kappa shape index (κ1) is 15.7. The number of pyridine rings is 1.